The zero-order chi connectivity index (χ0) is 18.6. The quantitative estimate of drug-likeness (QED) is 0.541. The highest BCUT2D eigenvalue weighted by Gasteiger charge is 2.16. The lowest BCUT2D eigenvalue weighted by Crippen LogP contribution is -2.00. The Bertz CT molecular complexity index is 1070. The van der Waals surface area contributed by atoms with Crippen LogP contribution in [0.1, 0.15) is 0 Å². The predicted molar refractivity (Wildman–Crippen MR) is 108 cm³/mol. The van der Waals surface area contributed by atoms with E-state index in [4.69, 9.17) is 9.47 Å². The number of hydrogen-bond acceptors (Lipinski definition) is 5. The third-order valence-corrected chi connectivity index (χ3v) is 4.37. The van der Waals surface area contributed by atoms with Gasteiger partial charge in [-0.2, -0.15) is 0 Å². The van der Waals surface area contributed by atoms with Crippen LogP contribution in [0, 0.1) is 0 Å². The normalized spacial score (nSPS) is 10.6. The van der Waals surface area contributed by atoms with Gasteiger partial charge in [0, 0.05) is 22.0 Å². The van der Waals surface area contributed by atoms with E-state index in [9.17, 15) is 0 Å². The Kier molecular flexibility index (Phi) is 4.58. The number of nitrogens with zero attached hydrogens (tertiary/aromatic N) is 2. The summed E-state index contributed by atoms with van der Waals surface area (Å²) in [6, 6.07) is 23.8. The lowest BCUT2D eigenvalue weighted by atomic mass is 10.0. The summed E-state index contributed by atoms with van der Waals surface area (Å²) in [5.41, 5.74) is 2.73. The molecule has 27 heavy (non-hydrogen) atoms. The summed E-state index contributed by atoms with van der Waals surface area (Å²) in [6.07, 6.45) is 0. The minimum absolute atomic E-state index is 0.646. The molecule has 0 aliphatic heterocycles. The van der Waals surface area contributed by atoms with Crippen molar-refractivity contribution in [1.82, 2.24) is 10.2 Å². The summed E-state index contributed by atoms with van der Waals surface area (Å²) in [5, 5.41) is 14.1. The van der Waals surface area contributed by atoms with Gasteiger partial charge in [-0.3, -0.25) is 0 Å². The number of hydrogen-bond donors (Lipinski definition) is 1. The molecule has 0 saturated heterocycles. The Morgan fingerprint density at radius 1 is 0.704 bits per heavy atom. The molecule has 4 aromatic rings. The van der Waals surface area contributed by atoms with Crippen LogP contribution in [0.2, 0.25) is 0 Å². The topological polar surface area (TPSA) is 56.3 Å². The van der Waals surface area contributed by atoms with Crippen LogP contribution >= 0.6 is 0 Å². The molecule has 0 aliphatic rings. The largest absolute Gasteiger partial charge is 0.493 e. The first-order valence-electron chi connectivity index (χ1n) is 8.60. The van der Waals surface area contributed by atoms with Crippen LogP contribution in [-0.4, -0.2) is 24.4 Å². The first-order valence-corrected chi connectivity index (χ1v) is 8.60. The SMILES string of the molecule is COc1cc2c(Nc3ccccc3)nnc(-c3ccccc3)c2cc1OC. The zero-order valence-corrected chi connectivity index (χ0v) is 15.1. The van der Waals surface area contributed by atoms with Crippen molar-refractivity contribution < 1.29 is 9.47 Å². The van der Waals surface area contributed by atoms with Crippen molar-refractivity contribution in [2.24, 2.45) is 0 Å². The van der Waals surface area contributed by atoms with Crippen molar-refractivity contribution in [1.29, 1.82) is 0 Å². The number of benzene rings is 3. The second kappa shape index (κ2) is 7.33. The number of rotatable bonds is 5. The number of methoxy groups -OCH3 is 2. The molecule has 0 bridgehead atoms. The summed E-state index contributed by atoms with van der Waals surface area (Å²) < 4.78 is 11.0. The summed E-state index contributed by atoms with van der Waals surface area (Å²) >= 11 is 0. The molecule has 0 spiro atoms. The molecule has 4 rings (SSSR count). The van der Waals surface area contributed by atoms with Gasteiger partial charge in [-0.15, -0.1) is 10.2 Å². The molecular weight excluding hydrogens is 338 g/mol. The van der Waals surface area contributed by atoms with Crippen LogP contribution in [-0.2, 0) is 0 Å². The molecule has 0 amide bonds. The van der Waals surface area contributed by atoms with E-state index in [2.05, 4.69) is 15.5 Å². The molecule has 134 valence electrons. The van der Waals surface area contributed by atoms with Gasteiger partial charge < -0.3 is 14.8 Å². The van der Waals surface area contributed by atoms with Gasteiger partial charge >= 0.3 is 0 Å². The van der Waals surface area contributed by atoms with Crippen LogP contribution in [0.25, 0.3) is 22.0 Å². The highest BCUT2D eigenvalue weighted by molar-refractivity contribution is 6.02. The van der Waals surface area contributed by atoms with Crippen molar-refractivity contribution in [3.8, 4) is 22.8 Å². The van der Waals surface area contributed by atoms with Crippen LogP contribution in [0.4, 0.5) is 11.5 Å². The molecule has 1 heterocycles. The number of para-hydroxylation sites is 1. The monoisotopic (exact) mass is 357 g/mol. The van der Waals surface area contributed by atoms with Gasteiger partial charge in [0.05, 0.1) is 14.2 Å². The Morgan fingerprint density at radius 2 is 1.30 bits per heavy atom. The Hall–Kier alpha value is -3.60. The standard InChI is InChI=1S/C22H19N3O2/c1-26-19-13-17-18(14-20(19)27-2)22(23-16-11-7-4-8-12-16)25-24-21(17)15-9-5-3-6-10-15/h3-14H,1-2H3,(H,23,25). The van der Waals surface area contributed by atoms with Crippen molar-refractivity contribution in [2.45, 2.75) is 0 Å². The fourth-order valence-electron chi connectivity index (χ4n) is 3.04. The van der Waals surface area contributed by atoms with E-state index >= 15 is 0 Å². The fraction of sp³-hybridized carbons (Fsp3) is 0.0909. The second-order valence-corrected chi connectivity index (χ2v) is 6.01. The van der Waals surface area contributed by atoms with E-state index in [1.54, 1.807) is 14.2 Å². The lowest BCUT2D eigenvalue weighted by Gasteiger charge is -2.14. The van der Waals surface area contributed by atoms with Crippen molar-refractivity contribution in [2.75, 3.05) is 19.5 Å². The first-order chi connectivity index (χ1) is 13.3. The van der Waals surface area contributed by atoms with Crippen LogP contribution in [0.3, 0.4) is 0 Å². The highest BCUT2D eigenvalue weighted by atomic mass is 16.5. The van der Waals surface area contributed by atoms with E-state index < -0.39 is 0 Å². The summed E-state index contributed by atoms with van der Waals surface area (Å²) in [7, 11) is 3.25. The molecule has 1 aromatic heterocycles. The molecule has 0 saturated carbocycles. The molecule has 0 aliphatic carbocycles. The number of ether oxygens (including phenoxy) is 2. The Balaban J connectivity index is 1.95. The van der Waals surface area contributed by atoms with E-state index in [-0.39, 0.29) is 0 Å². The minimum atomic E-state index is 0.646. The van der Waals surface area contributed by atoms with Gasteiger partial charge in [0.2, 0.25) is 0 Å². The summed E-state index contributed by atoms with van der Waals surface area (Å²) in [6.45, 7) is 0. The van der Waals surface area contributed by atoms with E-state index in [1.165, 1.54) is 0 Å². The maximum atomic E-state index is 5.50. The summed E-state index contributed by atoms with van der Waals surface area (Å²) in [4.78, 5) is 0. The fourth-order valence-corrected chi connectivity index (χ4v) is 3.04. The summed E-state index contributed by atoms with van der Waals surface area (Å²) in [5.74, 6) is 1.96. The molecule has 0 radical (unpaired) electrons. The first kappa shape index (κ1) is 16.8. The van der Waals surface area contributed by atoms with Gasteiger partial charge in [0.25, 0.3) is 0 Å². The third-order valence-electron chi connectivity index (χ3n) is 4.37. The van der Waals surface area contributed by atoms with Gasteiger partial charge in [-0.1, -0.05) is 48.5 Å². The Morgan fingerprint density at radius 3 is 1.93 bits per heavy atom. The van der Waals surface area contributed by atoms with Crippen molar-refractivity contribution in [3.63, 3.8) is 0 Å². The molecule has 5 heteroatoms. The van der Waals surface area contributed by atoms with Gasteiger partial charge in [0.1, 0.15) is 5.69 Å². The van der Waals surface area contributed by atoms with Crippen LogP contribution in [0.5, 0.6) is 11.5 Å². The maximum Gasteiger partial charge on any atom is 0.161 e. The van der Waals surface area contributed by atoms with Gasteiger partial charge in [-0.05, 0) is 24.3 Å². The minimum Gasteiger partial charge on any atom is -0.493 e. The average molecular weight is 357 g/mol. The maximum absolute atomic E-state index is 5.50. The zero-order valence-electron chi connectivity index (χ0n) is 15.1. The molecule has 1 N–H and O–H groups in total. The van der Waals surface area contributed by atoms with Gasteiger partial charge in [0.15, 0.2) is 17.3 Å². The van der Waals surface area contributed by atoms with E-state index in [0.717, 1.165) is 27.7 Å². The molecule has 3 aromatic carbocycles. The smallest absolute Gasteiger partial charge is 0.161 e. The lowest BCUT2D eigenvalue weighted by molar-refractivity contribution is 0.356. The number of anilines is 2. The number of fused-ring (bicyclic) bond motifs is 1. The second-order valence-electron chi connectivity index (χ2n) is 6.01. The van der Waals surface area contributed by atoms with Crippen molar-refractivity contribution in [3.05, 3.63) is 72.8 Å². The number of aromatic nitrogens is 2. The van der Waals surface area contributed by atoms with Crippen molar-refractivity contribution >= 4 is 22.3 Å². The molecule has 0 fully saturated rings. The van der Waals surface area contributed by atoms with Gasteiger partial charge in [-0.25, -0.2) is 0 Å². The predicted octanol–water partition coefficient (Wildman–Crippen LogP) is 5.06. The molecule has 0 atom stereocenters. The Labute approximate surface area is 157 Å². The molecular formula is C22H19N3O2. The molecule has 0 unspecified atom stereocenters. The molecule has 5 nitrogen and oxygen atoms in total. The highest BCUT2D eigenvalue weighted by Crippen LogP contribution is 2.38. The average Bonchev–Trinajstić information content (AvgIpc) is 2.74. The van der Waals surface area contributed by atoms with E-state index in [0.29, 0.717) is 17.3 Å². The van der Waals surface area contributed by atoms with Crippen LogP contribution in [0.15, 0.2) is 72.8 Å². The van der Waals surface area contributed by atoms with Crippen LogP contribution < -0.4 is 14.8 Å². The third kappa shape index (κ3) is 3.27. The number of nitrogens with one attached hydrogen (secondary N) is 1. The van der Waals surface area contributed by atoms with E-state index in [1.807, 2.05) is 72.8 Å².